The first-order valence-electron chi connectivity index (χ1n) is 13.8. The Morgan fingerprint density at radius 3 is 2.03 bits per heavy atom. The number of carbonyl (C=O) groups excluding carboxylic acids is 1. The summed E-state index contributed by atoms with van der Waals surface area (Å²) < 4.78 is 0. The highest BCUT2D eigenvalue weighted by atomic mass is 16.3. The van der Waals surface area contributed by atoms with Gasteiger partial charge in [-0.25, -0.2) is 0 Å². The Bertz CT molecular complexity index is 803. The number of hydrogen-bond acceptors (Lipinski definition) is 2. The molecule has 0 amide bonds. The molecule has 0 aromatic heterocycles. The van der Waals surface area contributed by atoms with Gasteiger partial charge in [0.15, 0.2) is 5.78 Å². The molecule has 2 nitrogen and oxygen atoms in total. The van der Waals surface area contributed by atoms with E-state index in [0.717, 1.165) is 25.7 Å². The van der Waals surface area contributed by atoms with Crippen molar-refractivity contribution in [2.75, 3.05) is 0 Å². The number of phenols is 1. The lowest BCUT2D eigenvalue weighted by Gasteiger charge is -2.29. The van der Waals surface area contributed by atoms with E-state index in [2.05, 4.69) is 37.8 Å². The predicted molar refractivity (Wildman–Crippen MR) is 146 cm³/mol. The van der Waals surface area contributed by atoms with Crippen molar-refractivity contribution in [3.05, 3.63) is 66.3 Å². The molecule has 1 fully saturated rings. The third kappa shape index (κ3) is 10.0. The van der Waals surface area contributed by atoms with Crippen LogP contribution in [0.1, 0.15) is 121 Å². The third-order valence-electron chi connectivity index (χ3n) is 7.61. The number of aromatic hydroxyl groups is 1. The molecule has 2 unspecified atom stereocenters. The first-order valence-corrected chi connectivity index (χ1v) is 13.8. The summed E-state index contributed by atoms with van der Waals surface area (Å²) in [5.41, 5.74) is 1.59. The third-order valence-corrected chi connectivity index (χ3v) is 7.61. The van der Waals surface area contributed by atoms with Gasteiger partial charge in [0.2, 0.25) is 0 Å². The highest BCUT2D eigenvalue weighted by Crippen LogP contribution is 2.36. The number of carbonyl (C=O) groups is 1. The van der Waals surface area contributed by atoms with E-state index in [1.807, 2.05) is 13.0 Å². The van der Waals surface area contributed by atoms with Gasteiger partial charge in [-0.2, -0.15) is 0 Å². The normalized spacial score (nSPS) is 24.7. The van der Waals surface area contributed by atoms with Crippen molar-refractivity contribution < 1.29 is 9.90 Å². The van der Waals surface area contributed by atoms with E-state index in [1.165, 1.54) is 76.2 Å². The smallest absolute Gasteiger partial charge is 0.168 e. The van der Waals surface area contributed by atoms with Crippen LogP contribution in [-0.4, -0.2) is 10.9 Å². The van der Waals surface area contributed by atoms with Crippen LogP contribution in [-0.2, 0) is 0 Å². The fourth-order valence-electron chi connectivity index (χ4n) is 5.34. The van der Waals surface area contributed by atoms with Crippen LogP contribution in [0.15, 0.2) is 60.7 Å². The Hall–Kier alpha value is -2.09. The van der Waals surface area contributed by atoms with Crippen LogP contribution in [0.3, 0.4) is 0 Å². The van der Waals surface area contributed by atoms with Gasteiger partial charge >= 0.3 is 0 Å². The lowest BCUT2D eigenvalue weighted by atomic mass is 9.74. The fraction of sp³-hybridized carbons (Fsp3) is 0.594. The zero-order valence-electron chi connectivity index (χ0n) is 21.9. The summed E-state index contributed by atoms with van der Waals surface area (Å²) in [4.78, 5) is 13.5. The Kier molecular flexibility index (Phi) is 13.0. The molecule has 2 heteroatoms. The van der Waals surface area contributed by atoms with Crippen molar-refractivity contribution >= 4 is 5.78 Å². The van der Waals surface area contributed by atoms with Crippen molar-refractivity contribution in [2.24, 2.45) is 11.3 Å². The number of Topliss-reactive ketones (excluding diaryl/α,β-unsaturated/α-hetero) is 1. The second-order valence-electron chi connectivity index (χ2n) is 10.6. The molecule has 0 spiro atoms. The maximum absolute atomic E-state index is 13.5. The molecule has 0 radical (unpaired) electrons. The van der Waals surface area contributed by atoms with Gasteiger partial charge in [-0.3, -0.25) is 4.79 Å². The van der Waals surface area contributed by atoms with Crippen molar-refractivity contribution in [3.63, 3.8) is 0 Å². The van der Waals surface area contributed by atoms with E-state index >= 15 is 0 Å². The van der Waals surface area contributed by atoms with E-state index in [1.54, 1.807) is 18.2 Å². The molecule has 1 aliphatic carbocycles. The van der Waals surface area contributed by atoms with Crippen LogP contribution in [0.4, 0.5) is 0 Å². The molecule has 1 aromatic carbocycles. The molecule has 34 heavy (non-hydrogen) atoms. The molecule has 2 atom stereocenters. The number of benzene rings is 1. The summed E-state index contributed by atoms with van der Waals surface area (Å²) in [7, 11) is 0. The van der Waals surface area contributed by atoms with Crippen molar-refractivity contribution in [2.45, 2.75) is 110 Å². The van der Waals surface area contributed by atoms with Gasteiger partial charge in [0.25, 0.3) is 0 Å². The molecule has 188 valence electrons. The van der Waals surface area contributed by atoms with Crippen molar-refractivity contribution in [1.29, 1.82) is 0 Å². The van der Waals surface area contributed by atoms with E-state index < -0.39 is 0 Å². The van der Waals surface area contributed by atoms with E-state index in [4.69, 9.17) is 0 Å². The summed E-state index contributed by atoms with van der Waals surface area (Å²) in [6, 6.07) is 6.91. The predicted octanol–water partition coefficient (Wildman–Crippen LogP) is 9.75. The lowest BCUT2D eigenvalue weighted by Crippen LogP contribution is -2.28. The molecule has 0 aliphatic heterocycles. The number of hydrogen-bond donors (Lipinski definition) is 1. The largest absolute Gasteiger partial charge is 0.508 e. The molecule has 0 saturated heterocycles. The summed E-state index contributed by atoms with van der Waals surface area (Å²) >= 11 is 0. The quantitative estimate of drug-likeness (QED) is 0.348. The van der Waals surface area contributed by atoms with Crippen LogP contribution in [0.5, 0.6) is 5.75 Å². The van der Waals surface area contributed by atoms with Gasteiger partial charge in [-0.15, -0.1) is 0 Å². The minimum atomic E-state index is -0.337. The van der Waals surface area contributed by atoms with Crippen LogP contribution in [0.25, 0.3) is 0 Å². The molecule has 0 bridgehead atoms. The maximum Gasteiger partial charge on any atom is 0.168 e. The summed E-state index contributed by atoms with van der Waals surface area (Å²) in [5.74, 6) is 0.968. The van der Waals surface area contributed by atoms with Crippen LogP contribution in [0, 0.1) is 11.3 Å². The Balaban J connectivity index is 2.00. The molecular formula is C32H48O2. The molecule has 1 aliphatic rings. The zero-order valence-corrected chi connectivity index (χ0v) is 21.9. The molecule has 1 aromatic rings. The highest BCUT2D eigenvalue weighted by molar-refractivity contribution is 6.00. The minimum absolute atomic E-state index is 0.176. The van der Waals surface area contributed by atoms with Crippen molar-refractivity contribution in [1.82, 2.24) is 0 Å². The monoisotopic (exact) mass is 464 g/mol. The summed E-state index contributed by atoms with van der Waals surface area (Å²) in [5, 5.41) is 9.88. The van der Waals surface area contributed by atoms with Gasteiger partial charge in [0.1, 0.15) is 5.75 Å². The minimum Gasteiger partial charge on any atom is -0.508 e. The number of rotatable bonds is 5. The molecule has 2 rings (SSSR count). The number of phenolic OH excluding ortho intramolecular Hbond substituents is 1. The molecule has 0 heterocycles. The topological polar surface area (TPSA) is 37.3 Å². The Morgan fingerprint density at radius 2 is 1.47 bits per heavy atom. The lowest BCUT2D eigenvalue weighted by molar-refractivity contribution is 0.0776. The van der Waals surface area contributed by atoms with E-state index in [0.29, 0.717) is 11.5 Å². The standard InChI is InChI=1S/C32H48O2/c1-4-5-13-19-27(2)28-20-14-9-7-6-8-11-16-24-32(3,25-17-12-10-15-21-28)31(34)29-22-18-23-30(33)26-29/h4-5,13,18-19,22-23,26,28,33H,2,6-12,14-17,20-21,24-25H2,1,3H3. The second kappa shape index (κ2) is 15.7. The number of ketones is 1. The second-order valence-corrected chi connectivity index (χ2v) is 10.6. The van der Waals surface area contributed by atoms with E-state index in [-0.39, 0.29) is 16.9 Å². The fourth-order valence-corrected chi connectivity index (χ4v) is 5.34. The van der Waals surface area contributed by atoms with Gasteiger partial charge in [0.05, 0.1) is 0 Å². The van der Waals surface area contributed by atoms with Crippen LogP contribution in [0.2, 0.25) is 0 Å². The van der Waals surface area contributed by atoms with Gasteiger partial charge in [-0.05, 0) is 50.7 Å². The molecular weight excluding hydrogens is 416 g/mol. The van der Waals surface area contributed by atoms with Gasteiger partial charge in [0, 0.05) is 11.0 Å². The first-order chi connectivity index (χ1) is 16.5. The zero-order chi connectivity index (χ0) is 24.7. The highest BCUT2D eigenvalue weighted by Gasteiger charge is 2.33. The average Bonchev–Trinajstić information content (AvgIpc) is 2.83. The van der Waals surface area contributed by atoms with Crippen LogP contribution >= 0.6 is 0 Å². The average molecular weight is 465 g/mol. The molecule has 1 N–H and O–H groups in total. The number of allylic oxidation sites excluding steroid dienone is 5. The first kappa shape index (κ1) is 28.1. The maximum atomic E-state index is 13.5. The van der Waals surface area contributed by atoms with Gasteiger partial charge in [-0.1, -0.05) is 126 Å². The Labute approximate surface area is 209 Å². The van der Waals surface area contributed by atoms with Gasteiger partial charge < -0.3 is 5.11 Å². The SMILES string of the molecule is C=C(C=CC=CC)C1CCCCCCCCCC(C)(C(=O)c2cccc(O)c2)CCCCCC1. The summed E-state index contributed by atoms with van der Waals surface area (Å²) in [6.45, 7) is 8.59. The molecule has 1 saturated carbocycles. The Morgan fingerprint density at radius 1 is 0.912 bits per heavy atom. The van der Waals surface area contributed by atoms with E-state index in [9.17, 15) is 9.90 Å². The summed E-state index contributed by atoms with van der Waals surface area (Å²) in [6.07, 6.45) is 26.4. The van der Waals surface area contributed by atoms with Crippen LogP contribution < -0.4 is 0 Å². The van der Waals surface area contributed by atoms with Crippen molar-refractivity contribution in [3.8, 4) is 5.75 Å².